The Bertz CT molecular complexity index is 1050. The highest BCUT2D eigenvalue weighted by Crippen LogP contribution is 2.27. The number of carbonyl (C=O) groups is 1. The molecule has 118 valence electrons. The minimum absolute atomic E-state index is 0.0397. The van der Waals surface area contributed by atoms with Crippen LogP contribution in [0.1, 0.15) is 11.1 Å². The van der Waals surface area contributed by atoms with Gasteiger partial charge in [-0.1, -0.05) is 59.9 Å². The number of thiazole rings is 1. The molecular weight excluding hydrogens is 316 g/mol. The summed E-state index contributed by atoms with van der Waals surface area (Å²) in [6, 6.07) is 20.3. The summed E-state index contributed by atoms with van der Waals surface area (Å²) in [6.45, 7) is 2.05. The van der Waals surface area contributed by atoms with E-state index in [1.807, 2.05) is 36.4 Å². The molecule has 1 amide bonds. The van der Waals surface area contributed by atoms with E-state index in [0.29, 0.717) is 11.6 Å². The average Bonchev–Trinajstić information content (AvgIpc) is 2.96. The van der Waals surface area contributed by atoms with Gasteiger partial charge in [-0.3, -0.25) is 4.79 Å². The third-order valence-electron chi connectivity index (χ3n) is 4.02. The molecule has 0 aliphatic rings. The molecule has 0 radical (unpaired) electrons. The van der Waals surface area contributed by atoms with Crippen LogP contribution in [-0.4, -0.2) is 10.9 Å². The molecular formula is C20H16N2OS. The van der Waals surface area contributed by atoms with Crippen molar-refractivity contribution in [1.82, 2.24) is 4.98 Å². The highest BCUT2D eigenvalue weighted by atomic mass is 32.1. The standard InChI is InChI=1S/C20H16N2OS/c1-13-9-10-17-18(11-13)24-20(21-17)22-19(23)12-15-7-4-6-14-5-2-3-8-16(14)15/h2-11H,12H2,1H3,(H,21,22,23). The Morgan fingerprint density at radius 3 is 2.83 bits per heavy atom. The zero-order chi connectivity index (χ0) is 16.5. The smallest absolute Gasteiger partial charge is 0.230 e. The maximum atomic E-state index is 12.4. The van der Waals surface area contributed by atoms with Crippen LogP contribution in [-0.2, 0) is 11.2 Å². The number of hydrogen-bond acceptors (Lipinski definition) is 3. The van der Waals surface area contributed by atoms with Crippen molar-refractivity contribution in [1.29, 1.82) is 0 Å². The van der Waals surface area contributed by atoms with Crippen LogP contribution in [0.25, 0.3) is 21.0 Å². The highest BCUT2D eigenvalue weighted by molar-refractivity contribution is 7.22. The van der Waals surface area contributed by atoms with Crippen LogP contribution in [0.15, 0.2) is 60.7 Å². The average molecular weight is 332 g/mol. The topological polar surface area (TPSA) is 42.0 Å². The van der Waals surface area contributed by atoms with Gasteiger partial charge >= 0.3 is 0 Å². The summed E-state index contributed by atoms with van der Waals surface area (Å²) in [6.07, 6.45) is 0.344. The second kappa shape index (κ2) is 6.06. The number of carbonyl (C=O) groups excluding carboxylic acids is 1. The summed E-state index contributed by atoms with van der Waals surface area (Å²) in [4.78, 5) is 16.9. The molecule has 0 spiro atoms. The van der Waals surface area contributed by atoms with E-state index in [1.165, 1.54) is 16.9 Å². The van der Waals surface area contributed by atoms with E-state index in [4.69, 9.17) is 0 Å². The van der Waals surface area contributed by atoms with Gasteiger partial charge in [-0.05, 0) is 41.0 Å². The molecule has 0 aliphatic heterocycles. The first kappa shape index (κ1) is 14.8. The molecule has 0 aliphatic carbocycles. The number of anilines is 1. The van der Waals surface area contributed by atoms with Crippen molar-refractivity contribution in [2.45, 2.75) is 13.3 Å². The van der Waals surface area contributed by atoms with Gasteiger partial charge in [0, 0.05) is 0 Å². The lowest BCUT2D eigenvalue weighted by Gasteiger charge is -2.06. The number of aryl methyl sites for hydroxylation is 1. The number of nitrogens with one attached hydrogen (secondary N) is 1. The lowest BCUT2D eigenvalue weighted by atomic mass is 10.0. The van der Waals surface area contributed by atoms with E-state index in [9.17, 15) is 4.79 Å². The molecule has 4 rings (SSSR count). The minimum atomic E-state index is -0.0397. The summed E-state index contributed by atoms with van der Waals surface area (Å²) in [5.74, 6) is -0.0397. The Kier molecular flexibility index (Phi) is 3.75. The van der Waals surface area contributed by atoms with Gasteiger partial charge in [-0.25, -0.2) is 4.98 Å². The Hall–Kier alpha value is -2.72. The molecule has 0 saturated carbocycles. The SMILES string of the molecule is Cc1ccc2nc(NC(=O)Cc3cccc4ccccc34)sc2c1. The van der Waals surface area contributed by atoms with Gasteiger partial charge in [0.05, 0.1) is 16.6 Å². The number of aromatic nitrogens is 1. The summed E-state index contributed by atoms with van der Waals surface area (Å²) in [5, 5.41) is 5.86. The van der Waals surface area contributed by atoms with Crippen molar-refractivity contribution in [2.75, 3.05) is 5.32 Å². The number of rotatable bonds is 3. The maximum Gasteiger partial charge on any atom is 0.230 e. The molecule has 3 nitrogen and oxygen atoms in total. The number of benzene rings is 3. The molecule has 1 N–H and O–H groups in total. The van der Waals surface area contributed by atoms with Crippen LogP contribution in [0.3, 0.4) is 0 Å². The lowest BCUT2D eigenvalue weighted by Crippen LogP contribution is -2.14. The first-order valence-corrected chi connectivity index (χ1v) is 8.64. The van der Waals surface area contributed by atoms with Gasteiger partial charge in [-0.2, -0.15) is 0 Å². The number of nitrogens with zero attached hydrogens (tertiary/aromatic N) is 1. The highest BCUT2D eigenvalue weighted by Gasteiger charge is 2.10. The van der Waals surface area contributed by atoms with Crippen molar-refractivity contribution in [3.05, 3.63) is 71.8 Å². The Labute approximate surface area is 144 Å². The first-order chi connectivity index (χ1) is 11.7. The zero-order valence-electron chi connectivity index (χ0n) is 13.2. The summed E-state index contributed by atoms with van der Waals surface area (Å²) in [5.41, 5.74) is 3.15. The fourth-order valence-electron chi connectivity index (χ4n) is 2.87. The van der Waals surface area contributed by atoms with E-state index in [2.05, 4.69) is 41.5 Å². The monoisotopic (exact) mass is 332 g/mol. The molecule has 4 aromatic rings. The fraction of sp³-hybridized carbons (Fsp3) is 0.100. The van der Waals surface area contributed by atoms with Gasteiger partial charge in [0.1, 0.15) is 0 Å². The van der Waals surface area contributed by atoms with Crippen LogP contribution >= 0.6 is 11.3 Å². The van der Waals surface area contributed by atoms with Crippen LogP contribution in [0.5, 0.6) is 0 Å². The Balaban J connectivity index is 1.57. The zero-order valence-corrected chi connectivity index (χ0v) is 14.1. The number of hydrogen-bond donors (Lipinski definition) is 1. The Morgan fingerprint density at radius 1 is 1.08 bits per heavy atom. The molecule has 0 bridgehead atoms. The molecule has 0 atom stereocenters. The van der Waals surface area contributed by atoms with Gasteiger partial charge in [0.2, 0.25) is 5.91 Å². The van der Waals surface area contributed by atoms with E-state index < -0.39 is 0 Å². The number of fused-ring (bicyclic) bond motifs is 2. The fourth-order valence-corrected chi connectivity index (χ4v) is 3.85. The van der Waals surface area contributed by atoms with Crippen LogP contribution < -0.4 is 5.32 Å². The summed E-state index contributed by atoms with van der Waals surface area (Å²) in [7, 11) is 0. The van der Waals surface area contributed by atoms with Gasteiger partial charge in [0.25, 0.3) is 0 Å². The summed E-state index contributed by atoms with van der Waals surface area (Å²) >= 11 is 1.51. The number of amides is 1. The van der Waals surface area contributed by atoms with Gasteiger partial charge in [0.15, 0.2) is 5.13 Å². The van der Waals surface area contributed by atoms with Crippen molar-refractivity contribution in [3.63, 3.8) is 0 Å². The van der Waals surface area contributed by atoms with Crippen molar-refractivity contribution < 1.29 is 4.79 Å². The normalized spacial score (nSPS) is 11.0. The molecule has 3 aromatic carbocycles. The lowest BCUT2D eigenvalue weighted by molar-refractivity contribution is -0.115. The van der Waals surface area contributed by atoms with Gasteiger partial charge in [-0.15, -0.1) is 0 Å². The first-order valence-electron chi connectivity index (χ1n) is 7.83. The Morgan fingerprint density at radius 2 is 1.92 bits per heavy atom. The van der Waals surface area contributed by atoms with Crippen LogP contribution in [0, 0.1) is 6.92 Å². The van der Waals surface area contributed by atoms with E-state index in [-0.39, 0.29) is 5.91 Å². The molecule has 24 heavy (non-hydrogen) atoms. The molecule has 0 fully saturated rings. The predicted octanol–water partition coefficient (Wildman–Crippen LogP) is 4.94. The van der Waals surface area contributed by atoms with E-state index in [0.717, 1.165) is 26.6 Å². The molecule has 1 heterocycles. The molecule has 1 aromatic heterocycles. The minimum Gasteiger partial charge on any atom is -0.302 e. The third-order valence-corrected chi connectivity index (χ3v) is 4.95. The third kappa shape index (κ3) is 2.88. The van der Waals surface area contributed by atoms with E-state index in [1.54, 1.807) is 0 Å². The maximum absolute atomic E-state index is 12.4. The van der Waals surface area contributed by atoms with E-state index >= 15 is 0 Å². The quantitative estimate of drug-likeness (QED) is 0.577. The van der Waals surface area contributed by atoms with Crippen molar-refractivity contribution >= 4 is 43.4 Å². The van der Waals surface area contributed by atoms with Crippen LogP contribution in [0.2, 0.25) is 0 Å². The van der Waals surface area contributed by atoms with Crippen LogP contribution in [0.4, 0.5) is 5.13 Å². The molecule has 0 unspecified atom stereocenters. The predicted molar refractivity (Wildman–Crippen MR) is 101 cm³/mol. The van der Waals surface area contributed by atoms with Gasteiger partial charge < -0.3 is 5.32 Å². The molecule has 0 saturated heterocycles. The van der Waals surface area contributed by atoms with Crippen molar-refractivity contribution in [2.24, 2.45) is 0 Å². The second-order valence-corrected chi connectivity index (χ2v) is 6.88. The summed E-state index contributed by atoms with van der Waals surface area (Å²) < 4.78 is 1.09. The van der Waals surface area contributed by atoms with Crippen molar-refractivity contribution in [3.8, 4) is 0 Å². The molecule has 4 heteroatoms. The second-order valence-electron chi connectivity index (χ2n) is 5.85. The largest absolute Gasteiger partial charge is 0.302 e.